The van der Waals surface area contributed by atoms with E-state index in [9.17, 15) is 4.79 Å². The number of carbonyl (C=O) groups is 1. The normalized spacial score (nSPS) is 10.1. The Balaban J connectivity index is 2.18. The Morgan fingerprint density at radius 2 is 1.95 bits per heavy atom. The first-order valence-electron chi connectivity index (χ1n) is 7.08. The molecule has 0 spiro atoms. The van der Waals surface area contributed by atoms with Gasteiger partial charge in [-0.05, 0) is 30.5 Å². The number of methoxy groups -OCH3 is 1. The number of aromatic nitrogens is 1. The quantitative estimate of drug-likeness (QED) is 0.795. The molecule has 0 N–H and O–H groups in total. The maximum atomic E-state index is 12.3. The summed E-state index contributed by atoms with van der Waals surface area (Å²) in [6.45, 7) is 4.25. The van der Waals surface area contributed by atoms with Gasteiger partial charge in [-0.3, -0.25) is 4.79 Å². The Kier molecular flexibility index (Phi) is 4.90. The second kappa shape index (κ2) is 6.86. The molecule has 0 atom stereocenters. The van der Waals surface area contributed by atoms with Gasteiger partial charge in [0, 0.05) is 12.5 Å². The maximum Gasteiger partial charge on any atom is 0.211 e. The standard InChI is InChI=1S/C18H19N2O2/c1-13-5-4-6-14(2)18(13)8-16(21)11-20-10-15(9-19)7-17(12-20)22-3/h4-7,10,12H,8,11H2,1-3H3/q+1. The van der Waals surface area contributed by atoms with Crippen molar-refractivity contribution in [3.05, 3.63) is 58.9 Å². The van der Waals surface area contributed by atoms with Crippen LogP contribution in [0.4, 0.5) is 0 Å². The fourth-order valence-electron chi connectivity index (χ4n) is 2.46. The van der Waals surface area contributed by atoms with Crippen molar-refractivity contribution in [3.8, 4) is 11.8 Å². The van der Waals surface area contributed by atoms with E-state index in [1.807, 2.05) is 32.0 Å². The van der Waals surface area contributed by atoms with Gasteiger partial charge in [0.2, 0.25) is 18.5 Å². The molecule has 2 rings (SSSR count). The fraction of sp³-hybridized carbons (Fsp3) is 0.278. The van der Waals surface area contributed by atoms with Crippen LogP contribution in [0.25, 0.3) is 0 Å². The minimum absolute atomic E-state index is 0.0968. The van der Waals surface area contributed by atoms with Crippen LogP contribution in [0, 0.1) is 25.2 Å². The summed E-state index contributed by atoms with van der Waals surface area (Å²) >= 11 is 0. The number of carbonyl (C=O) groups excluding carboxylic acids is 1. The maximum absolute atomic E-state index is 12.3. The van der Waals surface area contributed by atoms with Crippen LogP contribution >= 0.6 is 0 Å². The second-order valence-corrected chi connectivity index (χ2v) is 5.33. The summed E-state index contributed by atoms with van der Waals surface area (Å²) in [5.41, 5.74) is 3.80. The van der Waals surface area contributed by atoms with Crippen molar-refractivity contribution in [1.29, 1.82) is 5.26 Å². The van der Waals surface area contributed by atoms with Crippen molar-refractivity contribution in [2.45, 2.75) is 26.8 Å². The summed E-state index contributed by atoms with van der Waals surface area (Å²) in [6, 6.07) is 9.74. The van der Waals surface area contributed by atoms with Gasteiger partial charge < -0.3 is 4.74 Å². The first-order valence-corrected chi connectivity index (χ1v) is 7.08. The van der Waals surface area contributed by atoms with E-state index in [0.29, 0.717) is 17.7 Å². The van der Waals surface area contributed by atoms with Crippen molar-refractivity contribution in [2.75, 3.05) is 7.11 Å². The van der Waals surface area contributed by atoms with E-state index in [1.165, 1.54) is 0 Å². The summed E-state index contributed by atoms with van der Waals surface area (Å²) in [7, 11) is 1.54. The molecule has 0 saturated heterocycles. The van der Waals surface area contributed by atoms with Crippen molar-refractivity contribution in [3.63, 3.8) is 0 Å². The molecule has 1 aromatic heterocycles. The van der Waals surface area contributed by atoms with Crippen molar-refractivity contribution in [2.24, 2.45) is 0 Å². The SMILES string of the molecule is COc1cc(C#N)c[n+](CC(=O)Cc2c(C)cccc2C)c1. The molecule has 0 unspecified atom stereocenters. The van der Waals surface area contributed by atoms with Crippen molar-refractivity contribution in [1.82, 2.24) is 0 Å². The van der Waals surface area contributed by atoms with E-state index in [4.69, 9.17) is 10.00 Å². The molecule has 4 nitrogen and oxygen atoms in total. The topological polar surface area (TPSA) is 54.0 Å². The third-order valence-electron chi connectivity index (χ3n) is 3.64. The summed E-state index contributed by atoms with van der Waals surface area (Å²) in [5.74, 6) is 0.665. The number of ether oxygens (including phenoxy) is 1. The van der Waals surface area contributed by atoms with E-state index in [-0.39, 0.29) is 12.3 Å². The molecule has 0 fully saturated rings. The molecule has 4 heteroatoms. The monoisotopic (exact) mass is 295 g/mol. The molecule has 0 aliphatic rings. The van der Waals surface area contributed by atoms with Crippen LogP contribution in [-0.2, 0) is 17.8 Å². The Morgan fingerprint density at radius 1 is 1.27 bits per heavy atom. The van der Waals surface area contributed by atoms with E-state index in [1.54, 1.807) is 30.1 Å². The summed E-state index contributed by atoms with van der Waals surface area (Å²) < 4.78 is 6.85. The molecule has 0 radical (unpaired) electrons. The van der Waals surface area contributed by atoms with Gasteiger partial charge in [0.15, 0.2) is 11.9 Å². The lowest BCUT2D eigenvalue weighted by Gasteiger charge is -2.08. The van der Waals surface area contributed by atoms with E-state index in [2.05, 4.69) is 6.07 Å². The average Bonchev–Trinajstić information content (AvgIpc) is 2.50. The molecule has 112 valence electrons. The highest BCUT2D eigenvalue weighted by molar-refractivity contribution is 5.80. The lowest BCUT2D eigenvalue weighted by molar-refractivity contribution is -0.684. The van der Waals surface area contributed by atoms with Gasteiger partial charge in [0.1, 0.15) is 11.6 Å². The van der Waals surface area contributed by atoms with E-state index >= 15 is 0 Å². The van der Waals surface area contributed by atoms with Crippen LogP contribution < -0.4 is 9.30 Å². The number of nitrogens with zero attached hydrogens (tertiary/aromatic N) is 2. The summed E-state index contributed by atoms with van der Waals surface area (Å²) in [6.07, 6.45) is 3.78. The zero-order chi connectivity index (χ0) is 16.1. The van der Waals surface area contributed by atoms with Crippen LogP contribution in [0.15, 0.2) is 36.7 Å². The highest BCUT2D eigenvalue weighted by Gasteiger charge is 2.15. The van der Waals surface area contributed by atoms with Gasteiger partial charge in [0.05, 0.1) is 7.11 Å². The molecule has 0 saturated carbocycles. The smallest absolute Gasteiger partial charge is 0.211 e. The highest BCUT2D eigenvalue weighted by Crippen LogP contribution is 2.14. The van der Waals surface area contributed by atoms with Gasteiger partial charge in [0.25, 0.3) is 0 Å². The number of ketones is 1. The van der Waals surface area contributed by atoms with Gasteiger partial charge in [-0.25, -0.2) is 0 Å². The zero-order valence-electron chi connectivity index (χ0n) is 13.1. The number of benzene rings is 1. The molecule has 0 amide bonds. The number of rotatable bonds is 5. The zero-order valence-corrected chi connectivity index (χ0v) is 13.1. The summed E-state index contributed by atoms with van der Waals surface area (Å²) in [5, 5.41) is 9.02. The van der Waals surface area contributed by atoms with Crippen LogP contribution in [0.2, 0.25) is 0 Å². The van der Waals surface area contributed by atoms with Crippen LogP contribution in [0.5, 0.6) is 5.75 Å². The Bertz CT molecular complexity index is 725. The number of hydrogen-bond acceptors (Lipinski definition) is 3. The van der Waals surface area contributed by atoms with Crippen LogP contribution in [0.1, 0.15) is 22.3 Å². The Labute approximate surface area is 130 Å². The number of aryl methyl sites for hydroxylation is 2. The molecular formula is C18H19N2O2+. The van der Waals surface area contributed by atoms with Gasteiger partial charge in [-0.15, -0.1) is 0 Å². The number of Topliss-reactive ketones (excluding diaryl/α,β-unsaturated/α-hetero) is 1. The minimum atomic E-state index is 0.0968. The Morgan fingerprint density at radius 3 is 2.55 bits per heavy atom. The molecule has 0 aliphatic carbocycles. The van der Waals surface area contributed by atoms with Gasteiger partial charge >= 0.3 is 0 Å². The van der Waals surface area contributed by atoms with Crippen molar-refractivity contribution < 1.29 is 14.1 Å². The molecule has 0 bridgehead atoms. The number of hydrogen-bond donors (Lipinski definition) is 0. The lowest BCUT2D eigenvalue weighted by atomic mass is 9.98. The van der Waals surface area contributed by atoms with Gasteiger partial charge in [-0.1, -0.05) is 18.2 Å². The first-order chi connectivity index (χ1) is 10.5. The lowest BCUT2D eigenvalue weighted by Crippen LogP contribution is -2.38. The summed E-state index contributed by atoms with van der Waals surface area (Å²) in [4.78, 5) is 12.3. The third-order valence-corrected chi connectivity index (χ3v) is 3.64. The van der Waals surface area contributed by atoms with Gasteiger partial charge in [-0.2, -0.15) is 9.83 Å². The number of nitriles is 1. The number of pyridine rings is 1. The molecule has 1 aromatic carbocycles. The van der Waals surface area contributed by atoms with Crippen molar-refractivity contribution >= 4 is 5.78 Å². The van der Waals surface area contributed by atoms with E-state index < -0.39 is 0 Å². The molecule has 2 aromatic rings. The highest BCUT2D eigenvalue weighted by atomic mass is 16.5. The second-order valence-electron chi connectivity index (χ2n) is 5.33. The molecule has 0 aliphatic heterocycles. The third kappa shape index (κ3) is 3.70. The molecule has 22 heavy (non-hydrogen) atoms. The minimum Gasteiger partial charge on any atom is -0.491 e. The first kappa shape index (κ1) is 15.7. The average molecular weight is 295 g/mol. The Hall–Kier alpha value is -2.67. The van der Waals surface area contributed by atoms with Crippen LogP contribution in [-0.4, -0.2) is 12.9 Å². The predicted octanol–water partition coefficient (Wildman–Crippen LogP) is 2.28. The van der Waals surface area contributed by atoms with E-state index in [0.717, 1.165) is 16.7 Å². The molecular weight excluding hydrogens is 276 g/mol. The predicted molar refractivity (Wildman–Crippen MR) is 82.5 cm³/mol. The van der Waals surface area contributed by atoms with Crippen LogP contribution in [0.3, 0.4) is 0 Å². The fourth-order valence-corrected chi connectivity index (χ4v) is 2.46. The largest absolute Gasteiger partial charge is 0.491 e. The molecule has 1 heterocycles.